The van der Waals surface area contributed by atoms with E-state index < -0.39 is 24.2 Å². The molecule has 0 spiro atoms. The number of hydrogen-bond donors (Lipinski definition) is 2. The number of carbonyl (C=O) groups excluding carboxylic acids is 1. The van der Waals surface area contributed by atoms with E-state index in [4.69, 9.17) is 4.74 Å². The third-order valence-electron chi connectivity index (χ3n) is 4.34. The molecule has 0 aromatic heterocycles. The molecule has 0 heterocycles. The van der Waals surface area contributed by atoms with E-state index in [2.05, 4.69) is 5.32 Å². The second kappa shape index (κ2) is 9.37. The highest BCUT2D eigenvalue weighted by molar-refractivity contribution is 5.89. The van der Waals surface area contributed by atoms with Crippen molar-refractivity contribution in [2.45, 2.75) is 18.6 Å². The molecule has 5 heteroatoms. The van der Waals surface area contributed by atoms with Crippen LogP contribution in [0.4, 0.5) is 4.79 Å². The lowest BCUT2D eigenvalue weighted by molar-refractivity contribution is 0.0194. The lowest BCUT2D eigenvalue weighted by Crippen LogP contribution is -2.41. The fourth-order valence-corrected chi connectivity index (χ4v) is 3.04. The second-order valence-electron chi connectivity index (χ2n) is 6.35. The van der Waals surface area contributed by atoms with Crippen LogP contribution in [0.15, 0.2) is 91.0 Å². The Morgan fingerprint density at radius 1 is 0.821 bits per heavy atom. The van der Waals surface area contributed by atoms with E-state index in [-0.39, 0.29) is 0 Å². The van der Waals surface area contributed by atoms with Crippen molar-refractivity contribution < 1.29 is 19.4 Å². The van der Waals surface area contributed by atoms with Crippen LogP contribution >= 0.6 is 0 Å². The average molecular weight is 375 g/mol. The number of ether oxygens (including phenoxy) is 1. The molecule has 0 aliphatic carbocycles. The number of nitrogens with one attached hydrogen (secondary N) is 1. The van der Waals surface area contributed by atoms with Gasteiger partial charge in [0.2, 0.25) is 0 Å². The van der Waals surface area contributed by atoms with Crippen LogP contribution in [0.1, 0.15) is 27.6 Å². The number of esters is 1. The Morgan fingerprint density at radius 3 is 1.93 bits per heavy atom. The first-order valence-corrected chi connectivity index (χ1v) is 8.98. The van der Waals surface area contributed by atoms with Crippen molar-refractivity contribution in [3.8, 4) is 0 Å². The maximum absolute atomic E-state index is 12.7. The lowest BCUT2D eigenvalue weighted by atomic mass is 9.96. The molecule has 3 aromatic rings. The molecule has 1 amide bonds. The van der Waals surface area contributed by atoms with Crippen LogP contribution < -0.4 is 5.32 Å². The first kappa shape index (κ1) is 19.2. The molecule has 2 atom stereocenters. The molecular weight excluding hydrogens is 354 g/mol. The highest BCUT2D eigenvalue weighted by Crippen LogP contribution is 2.25. The summed E-state index contributed by atoms with van der Waals surface area (Å²) in [4.78, 5) is 24.1. The SMILES string of the molecule is O=C(O)NC(Cc1ccccc1)C(OC(=O)c1ccccc1)c1ccccc1. The Labute approximate surface area is 163 Å². The van der Waals surface area contributed by atoms with Crippen LogP contribution in [0, 0.1) is 0 Å². The van der Waals surface area contributed by atoms with Crippen molar-refractivity contribution in [1.29, 1.82) is 0 Å². The zero-order valence-corrected chi connectivity index (χ0v) is 15.2. The quantitative estimate of drug-likeness (QED) is 0.598. The molecule has 2 N–H and O–H groups in total. The summed E-state index contributed by atoms with van der Waals surface area (Å²) in [6.07, 6.45) is -1.56. The van der Waals surface area contributed by atoms with Crippen LogP contribution in [0.3, 0.4) is 0 Å². The Morgan fingerprint density at radius 2 is 1.36 bits per heavy atom. The maximum atomic E-state index is 12.7. The molecule has 0 fully saturated rings. The van der Waals surface area contributed by atoms with E-state index in [0.29, 0.717) is 12.0 Å². The minimum atomic E-state index is -1.17. The van der Waals surface area contributed by atoms with Gasteiger partial charge in [-0.05, 0) is 29.7 Å². The normalized spacial score (nSPS) is 12.6. The molecule has 5 nitrogen and oxygen atoms in total. The van der Waals surface area contributed by atoms with Crippen LogP contribution in [-0.2, 0) is 11.2 Å². The third kappa shape index (κ3) is 5.20. The fourth-order valence-electron chi connectivity index (χ4n) is 3.04. The predicted molar refractivity (Wildman–Crippen MR) is 106 cm³/mol. The highest BCUT2D eigenvalue weighted by atomic mass is 16.5. The van der Waals surface area contributed by atoms with Crippen LogP contribution in [-0.4, -0.2) is 23.2 Å². The Kier molecular flexibility index (Phi) is 6.41. The van der Waals surface area contributed by atoms with E-state index in [1.165, 1.54) is 0 Å². The molecule has 3 aromatic carbocycles. The number of rotatable bonds is 7. The monoisotopic (exact) mass is 375 g/mol. The predicted octanol–water partition coefficient (Wildman–Crippen LogP) is 4.46. The van der Waals surface area contributed by atoms with E-state index in [9.17, 15) is 14.7 Å². The summed E-state index contributed by atoms with van der Waals surface area (Å²) in [6.45, 7) is 0. The second-order valence-corrected chi connectivity index (χ2v) is 6.35. The Hall–Kier alpha value is -3.60. The molecule has 0 aliphatic heterocycles. The molecular formula is C23H21NO4. The van der Waals surface area contributed by atoms with Gasteiger partial charge in [0.05, 0.1) is 11.6 Å². The number of hydrogen-bond acceptors (Lipinski definition) is 3. The summed E-state index contributed by atoms with van der Waals surface area (Å²) in [6, 6.07) is 26.7. The van der Waals surface area contributed by atoms with Gasteiger partial charge in [-0.15, -0.1) is 0 Å². The van der Waals surface area contributed by atoms with Gasteiger partial charge < -0.3 is 15.2 Å². The average Bonchev–Trinajstić information content (AvgIpc) is 2.73. The Balaban J connectivity index is 1.92. The van der Waals surface area contributed by atoms with Gasteiger partial charge in [0.15, 0.2) is 0 Å². The smallest absolute Gasteiger partial charge is 0.405 e. The summed E-state index contributed by atoms with van der Waals surface area (Å²) in [5, 5.41) is 11.9. The first-order chi connectivity index (χ1) is 13.6. The van der Waals surface area contributed by atoms with Gasteiger partial charge in [-0.1, -0.05) is 78.9 Å². The van der Waals surface area contributed by atoms with E-state index in [1.807, 2.05) is 66.7 Å². The van der Waals surface area contributed by atoms with Crippen molar-refractivity contribution in [1.82, 2.24) is 5.32 Å². The fraction of sp³-hybridized carbons (Fsp3) is 0.130. The Bertz CT molecular complexity index is 898. The summed E-state index contributed by atoms with van der Waals surface area (Å²) >= 11 is 0. The molecule has 0 bridgehead atoms. The molecule has 2 unspecified atom stereocenters. The molecule has 0 aliphatic rings. The zero-order valence-electron chi connectivity index (χ0n) is 15.2. The molecule has 3 rings (SSSR count). The number of benzene rings is 3. The lowest BCUT2D eigenvalue weighted by Gasteiger charge is -2.27. The summed E-state index contributed by atoms with van der Waals surface area (Å²) in [7, 11) is 0. The number of carboxylic acid groups (broad SMARTS) is 1. The van der Waals surface area contributed by atoms with Crippen molar-refractivity contribution in [3.63, 3.8) is 0 Å². The van der Waals surface area contributed by atoms with Gasteiger partial charge in [-0.3, -0.25) is 0 Å². The number of carbonyl (C=O) groups is 2. The summed E-state index contributed by atoms with van der Waals surface area (Å²) < 4.78 is 5.79. The van der Waals surface area contributed by atoms with Gasteiger partial charge in [0, 0.05) is 0 Å². The minimum absolute atomic E-state index is 0.384. The van der Waals surface area contributed by atoms with Crippen LogP contribution in [0.2, 0.25) is 0 Å². The van der Waals surface area contributed by atoms with Crippen molar-refractivity contribution >= 4 is 12.1 Å². The van der Waals surface area contributed by atoms with Crippen LogP contribution in [0.5, 0.6) is 0 Å². The largest absolute Gasteiger partial charge is 0.465 e. The standard InChI is InChI=1S/C23H21NO4/c25-22(19-14-8-3-9-15-19)28-21(18-12-6-2-7-13-18)20(24-23(26)27)16-17-10-4-1-5-11-17/h1-15,20-21,24H,16H2,(H,26,27). The van der Waals surface area contributed by atoms with Gasteiger partial charge in [-0.2, -0.15) is 0 Å². The van der Waals surface area contributed by atoms with E-state index in [0.717, 1.165) is 11.1 Å². The molecule has 0 radical (unpaired) electrons. The van der Waals surface area contributed by atoms with Crippen LogP contribution in [0.25, 0.3) is 0 Å². The van der Waals surface area contributed by atoms with E-state index in [1.54, 1.807) is 24.3 Å². The maximum Gasteiger partial charge on any atom is 0.405 e. The summed E-state index contributed by atoms with van der Waals surface area (Å²) in [5.74, 6) is -0.500. The van der Waals surface area contributed by atoms with E-state index >= 15 is 0 Å². The van der Waals surface area contributed by atoms with Gasteiger partial charge in [-0.25, -0.2) is 9.59 Å². The molecule has 0 saturated carbocycles. The summed E-state index contributed by atoms with van der Waals surface area (Å²) in [5.41, 5.74) is 2.08. The molecule has 0 saturated heterocycles. The van der Waals surface area contributed by atoms with Gasteiger partial charge in [0.25, 0.3) is 0 Å². The van der Waals surface area contributed by atoms with Crippen molar-refractivity contribution in [2.75, 3.05) is 0 Å². The zero-order chi connectivity index (χ0) is 19.8. The third-order valence-corrected chi connectivity index (χ3v) is 4.34. The van der Waals surface area contributed by atoms with Gasteiger partial charge in [0.1, 0.15) is 6.10 Å². The van der Waals surface area contributed by atoms with Crippen molar-refractivity contribution in [3.05, 3.63) is 108 Å². The minimum Gasteiger partial charge on any atom is -0.465 e. The van der Waals surface area contributed by atoms with Crippen molar-refractivity contribution in [2.24, 2.45) is 0 Å². The van der Waals surface area contributed by atoms with Gasteiger partial charge >= 0.3 is 12.1 Å². The highest BCUT2D eigenvalue weighted by Gasteiger charge is 2.29. The first-order valence-electron chi connectivity index (χ1n) is 8.98. The molecule has 28 heavy (non-hydrogen) atoms. The molecule has 142 valence electrons. The topological polar surface area (TPSA) is 75.6 Å². The number of amides is 1.